The van der Waals surface area contributed by atoms with Crippen molar-refractivity contribution in [3.63, 3.8) is 0 Å². The molecule has 2 N–H and O–H groups in total. The zero-order chi connectivity index (χ0) is 13.0. The summed E-state index contributed by atoms with van der Waals surface area (Å²) < 4.78 is 11.0. The second-order valence-electron chi connectivity index (χ2n) is 3.96. The van der Waals surface area contributed by atoms with Crippen molar-refractivity contribution in [1.82, 2.24) is 4.98 Å². The number of nitrogens with two attached hydrogens (primary N) is 1. The Morgan fingerprint density at radius 1 is 1.17 bits per heavy atom. The molecule has 94 valence electrons. The maximum Gasteiger partial charge on any atom is 0.219 e. The first kappa shape index (κ1) is 12.4. The molecule has 0 saturated carbocycles. The molecule has 0 aliphatic carbocycles. The van der Waals surface area contributed by atoms with Crippen molar-refractivity contribution in [1.29, 1.82) is 0 Å². The molecule has 0 spiro atoms. The fourth-order valence-electron chi connectivity index (χ4n) is 1.61. The Morgan fingerprint density at radius 3 is 2.72 bits per heavy atom. The molecule has 1 aromatic carbocycles. The molecular formula is C14H16N2O2. The van der Waals surface area contributed by atoms with E-state index in [2.05, 4.69) is 4.98 Å². The Morgan fingerprint density at radius 2 is 2.00 bits per heavy atom. The summed E-state index contributed by atoms with van der Waals surface area (Å²) in [5.41, 5.74) is 7.67. The summed E-state index contributed by atoms with van der Waals surface area (Å²) in [6.07, 6.45) is 1.68. The Labute approximate surface area is 106 Å². The lowest BCUT2D eigenvalue weighted by atomic mass is 10.2. The second kappa shape index (κ2) is 5.51. The van der Waals surface area contributed by atoms with Gasteiger partial charge in [-0.25, -0.2) is 4.98 Å². The number of aryl methyl sites for hydroxylation is 1. The number of hydrogen-bond donors (Lipinski definition) is 1. The molecule has 4 heteroatoms. The van der Waals surface area contributed by atoms with Crippen LogP contribution in [-0.4, -0.2) is 12.1 Å². The average Bonchev–Trinajstić information content (AvgIpc) is 2.41. The van der Waals surface area contributed by atoms with Crippen LogP contribution in [0.5, 0.6) is 17.4 Å². The van der Waals surface area contributed by atoms with Crippen LogP contribution in [0.3, 0.4) is 0 Å². The van der Waals surface area contributed by atoms with E-state index in [0.717, 1.165) is 11.1 Å². The first-order valence-corrected chi connectivity index (χ1v) is 5.70. The third-order valence-corrected chi connectivity index (χ3v) is 2.57. The maximum atomic E-state index is 5.71. The lowest BCUT2D eigenvalue weighted by Crippen LogP contribution is -1.98. The molecule has 0 amide bonds. The molecule has 2 aromatic rings. The van der Waals surface area contributed by atoms with Crippen molar-refractivity contribution in [2.45, 2.75) is 13.5 Å². The molecule has 0 aliphatic heterocycles. The van der Waals surface area contributed by atoms with Crippen LogP contribution in [-0.2, 0) is 6.54 Å². The predicted octanol–water partition coefficient (Wildman–Crippen LogP) is 2.65. The largest absolute Gasteiger partial charge is 0.493 e. The normalized spacial score (nSPS) is 10.2. The lowest BCUT2D eigenvalue weighted by Gasteiger charge is -2.10. The van der Waals surface area contributed by atoms with E-state index in [1.807, 2.05) is 37.3 Å². The number of nitrogens with zero attached hydrogens (tertiary/aromatic N) is 1. The van der Waals surface area contributed by atoms with Gasteiger partial charge < -0.3 is 15.2 Å². The van der Waals surface area contributed by atoms with E-state index < -0.39 is 0 Å². The molecule has 0 aliphatic rings. The lowest BCUT2D eigenvalue weighted by molar-refractivity contribution is 0.373. The standard InChI is InChI=1S/C14H16N2O2/c1-10-3-4-12(13(7-10)17-2)18-14-8-11(9-15)5-6-16-14/h3-8H,9,15H2,1-2H3. The van der Waals surface area contributed by atoms with Crippen LogP contribution >= 0.6 is 0 Å². The molecule has 4 nitrogen and oxygen atoms in total. The van der Waals surface area contributed by atoms with Crippen LogP contribution in [0.15, 0.2) is 36.5 Å². The number of pyridine rings is 1. The van der Waals surface area contributed by atoms with Gasteiger partial charge in [0.25, 0.3) is 0 Å². The molecule has 1 heterocycles. The molecule has 0 fully saturated rings. The molecule has 2 rings (SSSR count). The number of methoxy groups -OCH3 is 1. The van der Waals surface area contributed by atoms with E-state index in [0.29, 0.717) is 23.9 Å². The van der Waals surface area contributed by atoms with Gasteiger partial charge in [-0.1, -0.05) is 6.07 Å². The summed E-state index contributed by atoms with van der Waals surface area (Å²) in [5, 5.41) is 0. The molecule has 0 bridgehead atoms. The van der Waals surface area contributed by atoms with Crippen LogP contribution in [0.25, 0.3) is 0 Å². The zero-order valence-corrected chi connectivity index (χ0v) is 10.5. The van der Waals surface area contributed by atoms with Crippen LogP contribution in [0.2, 0.25) is 0 Å². The SMILES string of the molecule is COc1cc(C)ccc1Oc1cc(CN)ccn1. The topological polar surface area (TPSA) is 57.4 Å². The molecule has 0 atom stereocenters. The third kappa shape index (κ3) is 2.78. The zero-order valence-electron chi connectivity index (χ0n) is 10.5. The van der Waals surface area contributed by atoms with E-state index in [-0.39, 0.29) is 0 Å². The maximum absolute atomic E-state index is 5.71. The van der Waals surface area contributed by atoms with Gasteiger partial charge in [-0.05, 0) is 36.2 Å². The summed E-state index contributed by atoms with van der Waals surface area (Å²) in [6, 6.07) is 9.43. The minimum atomic E-state index is 0.462. The third-order valence-electron chi connectivity index (χ3n) is 2.57. The summed E-state index contributed by atoms with van der Waals surface area (Å²) in [6.45, 7) is 2.46. The molecular weight excluding hydrogens is 228 g/mol. The smallest absolute Gasteiger partial charge is 0.219 e. The molecule has 0 radical (unpaired) electrons. The van der Waals surface area contributed by atoms with Crippen molar-refractivity contribution in [3.05, 3.63) is 47.7 Å². The van der Waals surface area contributed by atoms with E-state index in [9.17, 15) is 0 Å². The minimum absolute atomic E-state index is 0.462. The fourth-order valence-corrected chi connectivity index (χ4v) is 1.61. The molecule has 18 heavy (non-hydrogen) atoms. The highest BCUT2D eigenvalue weighted by atomic mass is 16.5. The van der Waals surface area contributed by atoms with Crippen LogP contribution in [0.1, 0.15) is 11.1 Å². The highest BCUT2D eigenvalue weighted by Gasteiger charge is 2.06. The van der Waals surface area contributed by atoms with E-state index in [1.54, 1.807) is 13.3 Å². The Hall–Kier alpha value is -2.07. The number of aromatic nitrogens is 1. The van der Waals surface area contributed by atoms with Gasteiger partial charge >= 0.3 is 0 Å². The molecule has 0 unspecified atom stereocenters. The number of ether oxygens (including phenoxy) is 2. The van der Waals surface area contributed by atoms with Gasteiger partial charge in [0.1, 0.15) is 0 Å². The van der Waals surface area contributed by atoms with Gasteiger partial charge in [-0.2, -0.15) is 0 Å². The Bertz CT molecular complexity index is 541. The van der Waals surface area contributed by atoms with Crippen LogP contribution in [0, 0.1) is 6.92 Å². The van der Waals surface area contributed by atoms with Crippen molar-refractivity contribution < 1.29 is 9.47 Å². The summed E-state index contributed by atoms with van der Waals surface area (Å²) >= 11 is 0. The first-order chi connectivity index (χ1) is 8.72. The summed E-state index contributed by atoms with van der Waals surface area (Å²) in [4.78, 5) is 4.15. The number of benzene rings is 1. The predicted molar refractivity (Wildman–Crippen MR) is 69.9 cm³/mol. The Kier molecular flexibility index (Phi) is 3.79. The highest BCUT2D eigenvalue weighted by Crippen LogP contribution is 2.31. The first-order valence-electron chi connectivity index (χ1n) is 5.70. The number of rotatable bonds is 4. The highest BCUT2D eigenvalue weighted by molar-refractivity contribution is 5.44. The molecule has 1 aromatic heterocycles. The van der Waals surface area contributed by atoms with Crippen molar-refractivity contribution in [2.24, 2.45) is 5.73 Å². The second-order valence-corrected chi connectivity index (χ2v) is 3.96. The van der Waals surface area contributed by atoms with E-state index in [4.69, 9.17) is 15.2 Å². The van der Waals surface area contributed by atoms with Gasteiger partial charge in [-0.15, -0.1) is 0 Å². The van der Waals surface area contributed by atoms with E-state index in [1.165, 1.54) is 0 Å². The fraction of sp³-hybridized carbons (Fsp3) is 0.214. The van der Waals surface area contributed by atoms with Gasteiger partial charge in [-0.3, -0.25) is 0 Å². The monoisotopic (exact) mass is 244 g/mol. The minimum Gasteiger partial charge on any atom is -0.493 e. The average molecular weight is 244 g/mol. The van der Waals surface area contributed by atoms with Crippen LogP contribution < -0.4 is 15.2 Å². The van der Waals surface area contributed by atoms with Crippen molar-refractivity contribution in [3.8, 4) is 17.4 Å². The van der Waals surface area contributed by atoms with Crippen molar-refractivity contribution in [2.75, 3.05) is 7.11 Å². The quantitative estimate of drug-likeness (QED) is 0.898. The molecule has 0 saturated heterocycles. The van der Waals surface area contributed by atoms with Crippen LogP contribution in [0.4, 0.5) is 0 Å². The van der Waals surface area contributed by atoms with Gasteiger partial charge in [0.15, 0.2) is 11.5 Å². The van der Waals surface area contributed by atoms with Gasteiger partial charge in [0.2, 0.25) is 5.88 Å². The van der Waals surface area contributed by atoms with E-state index >= 15 is 0 Å². The Balaban J connectivity index is 2.27. The van der Waals surface area contributed by atoms with Crippen molar-refractivity contribution >= 4 is 0 Å². The summed E-state index contributed by atoms with van der Waals surface area (Å²) in [5.74, 6) is 1.85. The summed E-state index contributed by atoms with van der Waals surface area (Å²) in [7, 11) is 1.62. The van der Waals surface area contributed by atoms with Gasteiger partial charge in [0.05, 0.1) is 7.11 Å². The number of hydrogen-bond acceptors (Lipinski definition) is 4. The van der Waals surface area contributed by atoms with Gasteiger partial charge in [0, 0.05) is 18.8 Å².